The van der Waals surface area contributed by atoms with Gasteiger partial charge < -0.3 is 24.0 Å². The van der Waals surface area contributed by atoms with E-state index in [0.717, 1.165) is 12.2 Å². The third-order valence-corrected chi connectivity index (χ3v) is 3.04. The lowest BCUT2D eigenvalue weighted by Gasteiger charge is -2.17. The molecule has 9 nitrogen and oxygen atoms in total. The number of carbonyl (C=O) groups excluding carboxylic acids is 3. The Morgan fingerprint density at radius 3 is 1.91 bits per heavy atom. The standard InChI is InChI=1S/C13H19O9P/c1-3-12(15)21-7-11(8-22-13(16)4-2)20-6-5-10(14)9-23(17,18)19/h3-4,11H,1-2,5-9H2,(H2,17,18,19). The van der Waals surface area contributed by atoms with E-state index < -0.39 is 37.6 Å². The molecular formula is C13H19O9P. The Hall–Kier alpha value is -1.80. The minimum atomic E-state index is -4.41. The molecule has 0 aromatic carbocycles. The van der Waals surface area contributed by atoms with Gasteiger partial charge in [0.2, 0.25) is 0 Å². The molecule has 0 aliphatic heterocycles. The van der Waals surface area contributed by atoms with Crippen molar-refractivity contribution in [2.75, 3.05) is 26.0 Å². The highest BCUT2D eigenvalue weighted by atomic mass is 31.2. The molecule has 0 heterocycles. The number of Topliss-reactive ketones (excluding diaryl/α,β-unsaturated/α-hetero) is 1. The van der Waals surface area contributed by atoms with Crippen LogP contribution in [0.2, 0.25) is 0 Å². The molecule has 2 N–H and O–H groups in total. The quantitative estimate of drug-likeness (QED) is 0.282. The molecule has 0 unspecified atom stereocenters. The number of hydrogen-bond donors (Lipinski definition) is 2. The van der Waals surface area contributed by atoms with Crippen molar-refractivity contribution in [3.8, 4) is 0 Å². The molecule has 10 heteroatoms. The van der Waals surface area contributed by atoms with Crippen LogP contribution in [0.1, 0.15) is 6.42 Å². The van der Waals surface area contributed by atoms with Gasteiger partial charge in [0.15, 0.2) is 0 Å². The molecule has 0 aromatic rings. The number of ether oxygens (including phenoxy) is 3. The Kier molecular flexibility index (Phi) is 10.00. The summed E-state index contributed by atoms with van der Waals surface area (Å²) < 4.78 is 25.4. The van der Waals surface area contributed by atoms with E-state index >= 15 is 0 Å². The molecule has 0 rings (SSSR count). The third-order valence-electron chi connectivity index (χ3n) is 2.27. The van der Waals surface area contributed by atoms with E-state index in [0.29, 0.717) is 0 Å². The van der Waals surface area contributed by atoms with Gasteiger partial charge in [-0.1, -0.05) is 13.2 Å². The first kappa shape index (κ1) is 21.2. The van der Waals surface area contributed by atoms with Gasteiger partial charge in [-0.3, -0.25) is 9.36 Å². The van der Waals surface area contributed by atoms with Gasteiger partial charge in [-0.2, -0.15) is 0 Å². The van der Waals surface area contributed by atoms with E-state index in [2.05, 4.69) is 13.2 Å². The van der Waals surface area contributed by atoms with Crippen molar-refractivity contribution in [2.24, 2.45) is 0 Å². The van der Waals surface area contributed by atoms with Crippen molar-refractivity contribution >= 4 is 25.3 Å². The minimum Gasteiger partial charge on any atom is -0.460 e. The van der Waals surface area contributed by atoms with Crippen LogP contribution in [0, 0.1) is 0 Å². The van der Waals surface area contributed by atoms with Gasteiger partial charge >= 0.3 is 19.5 Å². The van der Waals surface area contributed by atoms with Crippen molar-refractivity contribution in [1.29, 1.82) is 0 Å². The first-order valence-corrected chi connectivity index (χ1v) is 8.24. The second-order valence-corrected chi connectivity index (χ2v) is 5.92. The lowest BCUT2D eigenvalue weighted by molar-refractivity contribution is -0.149. The van der Waals surface area contributed by atoms with Crippen LogP contribution in [0.3, 0.4) is 0 Å². The number of esters is 2. The van der Waals surface area contributed by atoms with Crippen LogP contribution in [0.4, 0.5) is 0 Å². The molecule has 0 aliphatic carbocycles. The van der Waals surface area contributed by atoms with Gasteiger partial charge in [0.1, 0.15) is 31.3 Å². The first-order valence-electron chi connectivity index (χ1n) is 6.44. The lowest BCUT2D eigenvalue weighted by atomic mass is 10.3. The zero-order valence-electron chi connectivity index (χ0n) is 12.4. The topological polar surface area (TPSA) is 136 Å². The molecule has 23 heavy (non-hydrogen) atoms. The summed E-state index contributed by atoms with van der Waals surface area (Å²) in [7, 11) is -4.41. The molecule has 0 aliphatic rings. The van der Waals surface area contributed by atoms with Crippen LogP contribution in [-0.4, -0.2) is 59.6 Å². The Bertz CT molecular complexity index is 470. The predicted molar refractivity (Wildman–Crippen MR) is 78.6 cm³/mol. The molecule has 0 aromatic heterocycles. The van der Waals surface area contributed by atoms with Crippen molar-refractivity contribution in [2.45, 2.75) is 12.5 Å². The van der Waals surface area contributed by atoms with Crippen LogP contribution >= 0.6 is 7.60 Å². The lowest BCUT2D eigenvalue weighted by Crippen LogP contribution is -2.29. The highest BCUT2D eigenvalue weighted by Gasteiger charge is 2.20. The molecule has 0 fully saturated rings. The summed E-state index contributed by atoms with van der Waals surface area (Å²) in [6.45, 7) is 5.75. The van der Waals surface area contributed by atoms with Crippen LogP contribution in [0.5, 0.6) is 0 Å². The van der Waals surface area contributed by atoms with Crippen LogP contribution in [0.25, 0.3) is 0 Å². The van der Waals surface area contributed by atoms with Crippen molar-refractivity contribution in [3.63, 3.8) is 0 Å². The molecule has 0 bridgehead atoms. The summed E-state index contributed by atoms with van der Waals surface area (Å²) in [6.07, 6.45) is -0.0810. The highest BCUT2D eigenvalue weighted by molar-refractivity contribution is 7.52. The summed E-state index contributed by atoms with van der Waals surface area (Å²) in [5.74, 6) is -2.08. The zero-order chi connectivity index (χ0) is 17.9. The van der Waals surface area contributed by atoms with Gasteiger partial charge in [0.05, 0.1) is 6.61 Å². The smallest absolute Gasteiger partial charge is 0.332 e. The third kappa shape index (κ3) is 12.4. The van der Waals surface area contributed by atoms with Gasteiger partial charge in [0.25, 0.3) is 0 Å². The average molecular weight is 350 g/mol. The Morgan fingerprint density at radius 2 is 1.52 bits per heavy atom. The first-order chi connectivity index (χ1) is 10.7. The molecule has 130 valence electrons. The van der Waals surface area contributed by atoms with Crippen LogP contribution < -0.4 is 0 Å². The Balaban J connectivity index is 4.32. The average Bonchev–Trinajstić information content (AvgIpc) is 2.46. The summed E-state index contributed by atoms with van der Waals surface area (Å²) in [5, 5.41) is 0. The second-order valence-electron chi connectivity index (χ2n) is 4.27. The van der Waals surface area contributed by atoms with Gasteiger partial charge in [-0.05, 0) is 0 Å². The zero-order valence-corrected chi connectivity index (χ0v) is 13.3. The van der Waals surface area contributed by atoms with E-state index in [1.165, 1.54) is 0 Å². The van der Waals surface area contributed by atoms with Crippen molar-refractivity contribution < 1.29 is 42.9 Å². The van der Waals surface area contributed by atoms with Crippen molar-refractivity contribution in [3.05, 3.63) is 25.3 Å². The van der Waals surface area contributed by atoms with Gasteiger partial charge in [0, 0.05) is 18.6 Å². The number of ketones is 1. The summed E-state index contributed by atoms with van der Waals surface area (Å²) in [4.78, 5) is 50.6. The summed E-state index contributed by atoms with van der Waals surface area (Å²) in [5.41, 5.74) is 0. The highest BCUT2D eigenvalue weighted by Crippen LogP contribution is 2.34. The maximum Gasteiger partial charge on any atom is 0.332 e. The van der Waals surface area contributed by atoms with Crippen LogP contribution in [-0.2, 0) is 33.2 Å². The summed E-state index contributed by atoms with van der Waals surface area (Å²) in [6, 6.07) is 0. The largest absolute Gasteiger partial charge is 0.460 e. The maximum atomic E-state index is 11.3. The van der Waals surface area contributed by atoms with E-state index in [1.807, 2.05) is 0 Å². The number of rotatable bonds is 12. The normalized spacial score (nSPS) is 10.9. The number of carbonyl (C=O) groups is 3. The fourth-order valence-corrected chi connectivity index (χ4v) is 1.88. The second kappa shape index (κ2) is 10.8. The fraction of sp³-hybridized carbons (Fsp3) is 0.462. The number of hydrogen-bond acceptors (Lipinski definition) is 7. The molecule has 0 atom stereocenters. The fourth-order valence-electron chi connectivity index (χ4n) is 1.26. The predicted octanol–water partition coefficient (Wildman–Crippen LogP) is -0.0331. The Labute approximate surface area is 133 Å². The monoisotopic (exact) mass is 350 g/mol. The molecule has 0 saturated carbocycles. The van der Waals surface area contributed by atoms with Crippen molar-refractivity contribution in [1.82, 2.24) is 0 Å². The van der Waals surface area contributed by atoms with Crippen LogP contribution in [0.15, 0.2) is 25.3 Å². The van der Waals surface area contributed by atoms with E-state index in [4.69, 9.17) is 24.0 Å². The molecule has 0 amide bonds. The van der Waals surface area contributed by atoms with Gasteiger partial charge in [-0.25, -0.2) is 9.59 Å². The maximum absolute atomic E-state index is 11.3. The molecular weight excluding hydrogens is 331 g/mol. The summed E-state index contributed by atoms with van der Waals surface area (Å²) >= 11 is 0. The van der Waals surface area contributed by atoms with E-state index in [9.17, 15) is 18.9 Å². The van der Waals surface area contributed by atoms with Gasteiger partial charge in [-0.15, -0.1) is 0 Å². The van der Waals surface area contributed by atoms with E-state index in [1.54, 1.807) is 0 Å². The minimum absolute atomic E-state index is 0.180. The molecule has 0 saturated heterocycles. The molecule has 0 spiro atoms. The Morgan fingerprint density at radius 1 is 1.04 bits per heavy atom. The van der Waals surface area contributed by atoms with E-state index in [-0.39, 0.29) is 26.2 Å². The SMILES string of the molecule is C=CC(=O)OCC(COC(=O)C=C)OCCC(=O)CP(=O)(O)O. The molecule has 0 radical (unpaired) electrons.